The summed E-state index contributed by atoms with van der Waals surface area (Å²) in [5, 5.41) is 72.1. The quantitative estimate of drug-likeness (QED) is 0.0790. The van der Waals surface area contributed by atoms with Crippen molar-refractivity contribution in [1.29, 1.82) is 0 Å². The number of rotatable bonds is 9. The van der Waals surface area contributed by atoms with Crippen LogP contribution in [0.5, 0.6) is 0 Å². The van der Waals surface area contributed by atoms with Crippen LogP contribution in [0.1, 0.15) is 38.5 Å². The van der Waals surface area contributed by atoms with Gasteiger partial charge in [-0.1, -0.05) is 0 Å². The Bertz CT molecular complexity index is 875. The smallest absolute Gasteiger partial charge is 0.317 e. The highest BCUT2D eigenvalue weighted by molar-refractivity contribution is 5.90. The van der Waals surface area contributed by atoms with E-state index in [4.69, 9.17) is 33.5 Å². The summed E-state index contributed by atoms with van der Waals surface area (Å²) >= 11 is 0. The van der Waals surface area contributed by atoms with Crippen LogP contribution >= 0.6 is 0 Å². The normalized spacial score (nSPS) is 46.9. The molecule has 236 valence electrons. The van der Waals surface area contributed by atoms with Crippen molar-refractivity contribution in [1.82, 2.24) is 0 Å². The van der Waals surface area contributed by atoms with Crippen molar-refractivity contribution < 1.29 is 73.8 Å². The summed E-state index contributed by atoms with van der Waals surface area (Å²) in [6, 6.07) is 0. The summed E-state index contributed by atoms with van der Waals surface area (Å²) in [5.41, 5.74) is 0. The first-order valence-corrected chi connectivity index (χ1v) is 14.0. The number of aliphatic hydroxyl groups is 8. The molecule has 0 aromatic carbocycles. The number of methoxy groups -OCH3 is 2. The van der Waals surface area contributed by atoms with E-state index in [1.54, 1.807) is 0 Å². The van der Waals surface area contributed by atoms with Crippen LogP contribution in [0.3, 0.4) is 0 Å². The van der Waals surface area contributed by atoms with E-state index in [0.29, 0.717) is 19.3 Å². The maximum absolute atomic E-state index is 11.7. The Hall–Kier alpha value is -1.50. The topological polar surface area (TPSA) is 235 Å². The van der Waals surface area contributed by atoms with Gasteiger partial charge in [0.05, 0.1) is 30.3 Å². The van der Waals surface area contributed by atoms with E-state index >= 15 is 0 Å². The Labute approximate surface area is 236 Å². The number of carbonyl (C=O) groups is 2. The number of fused-ring (bicyclic) bond motifs is 1. The van der Waals surface area contributed by atoms with E-state index in [-0.39, 0.29) is 30.8 Å². The third kappa shape index (κ3) is 7.36. The van der Waals surface area contributed by atoms with Crippen LogP contribution in [-0.4, -0.2) is 153 Å². The average Bonchev–Trinajstić information content (AvgIpc) is 2.92. The molecule has 4 fully saturated rings. The van der Waals surface area contributed by atoms with Gasteiger partial charge in [0.15, 0.2) is 18.5 Å². The van der Waals surface area contributed by atoms with Gasteiger partial charge in [-0.2, -0.15) is 0 Å². The number of carboxylic acid groups (broad SMARTS) is 1. The minimum atomic E-state index is -1.74. The molecule has 0 aromatic heterocycles. The third-order valence-corrected chi connectivity index (χ3v) is 8.87. The van der Waals surface area contributed by atoms with Crippen molar-refractivity contribution in [2.75, 3.05) is 20.8 Å². The Morgan fingerprint density at radius 3 is 2.10 bits per heavy atom. The van der Waals surface area contributed by atoms with Gasteiger partial charge in [-0.05, 0) is 19.3 Å². The first-order chi connectivity index (χ1) is 19.4. The minimum absolute atomic E-state index is 0.179. The van der Waals surface area contributed by atoms with Crippen LogP contribution in [-0.2, 0) is 33.3 Å². The number of esters is 1. The summed E-state index contributed by atoms with van der Waals surface area (Å²) < 4.78 is 32.8. The lowest BCUT2D eigenvalue weighted by Gasteiger charge is -2.49. The number of carbonyl (C=O) groups excluding carboxylic acids is 1. The molecule has 2 heterocycles. The fraction of sp³-hybridized carbons (Fsp3) is 0.923. The molecule has 2 aliphatic carbocycles. The van der Waals surface area contributed by atoms with Crippen LogP contribution in [0.4, 0.5) is 0 Å². The molecule has 0 amide bonds. The van der Waals surface area contributed by atoms with E-state index in [0.717, 1.165) is 0 Å². The molecule has 8 N–H and O–H groups in total. The van der Waals surface area contributed by atoms with Crippen molar-refractivity contribution in [3.8, 4) is 0 Å². The Morgan fingerprint density at radius 1 is 0.829 bits per heavy atom. The van der Waals surface area contributed by atoms with Crippen LogP contribution in [0.25, 0.3) is 0 Å². The summed E-state index contributed by atoms with van der Waals surface area (Å²) in [4.78, 5) is 22.5. The van der Waals surface area contributed by atoms with Gasteiger partial charge in [0.2, 0.25) is 0 Å². The second-order valence-electron chi connectivity index (χ2n) is 11.5. The fourth-order valence-electron chi connectivity index (χ4n) is 6.68. The molecule has 15 nitrogen and oxygen atoms in total. The van der Waals surface area contributed by atoms with E-state index in [1.165, 1.54) is 14.2 Å². The summed E-state index contributed by atoms with van der Waals surface area (Å²) in [7, 11) is 2.97. The van der Waals surface area contributed by atoms with Crippen molar-refractivity contribution in [2.45, 2.75) is 118 Å². The van der Waals surface area contributed by atoms with Gasteiger partial charge in [-0.3, -0.25) is 9.59 Å². The van der Waals surface area contributed by atoms with Gasteiger partial charge in [0.1, 0.15) is 49.7 Å². The zero-order valence-corrected chi connectivity index (χ0v) is 23.0. The second kappa shape index (κ2) is 13.9. The van der Waals surface area contributed by atoms with Gasteiger partial charge in [-0.25, -0.2) is 0 Å². The molecule has 2 aliphatic heterocycles. The van der Waals surface area contributed by atoms with Crippen LogP contribution < -0.4 is 0 Å². The molecule has 0 spiro atoms. The van der Waals surface area contributed by atoms with Gasteiger partial charge in [-0.15, -0.1) is 0 Å². The van der Waals surface area contributed by atoms with E-state index < -0.39 is 98.4 Å². The Morgan fingerprint density at radius 2 is 1.49 bits per heavy atom. The second-order valence-corrected chi connectivity index (χ2v) is 11.5. The molecule has 13 atom stereocenters. The van der Waals surface area contributed by atoms with E-state index in [2.05, 4.69) is 0 Å². The van der Waals surface area contributed by atoms with Gasteiger partial charge >= 0.3 is 11.9 Å². The molecular formula is C26H43O15+. The standard InChI is InChI=1S/C26H42O15/c1-36-15-3-10(4-16(37-2)21(15)32)25-17(7-12-13(28)5-11(27)6-14(12)39-25)40-26-24(35)23(34)22(33)18(41-26)9-38-20(31)8-19(29)30/h10-18,21-28,32-35H,3-9H2,1-2H3,(H,29,30)/p+1/t10?,11?,12?,13?,14?,15?,16?,17?,18-,21?,22-,23+,24-,25?,26-/m0/s1. The first-order valence-electron chi connectivity index (χ1n) is 14.0. The van der Waals surface area contributed by atoms with E-state index in [1.807, 2.05) is 0 Å². The molecule has 8 unspecified atom stereocenters. The predicted molar refractivity (Wildman–Crippen MR) is 134 cm³/mol. The number of hydrogen-bond donors (Lipinski definition) is 7. The molecule has 2 saturated carbocycles. The maximum Gasteiger partial charge on any atom is 0.317 e. The number of hydrogen-bond acceptors (Lipinski definition) is 13. The lowest BCUT2D eigenvalue weighted by Crippen LogP contribution is -2.63. The van der Waals surface area contributed by atoms with Crippen molar-refractivity contribution in [2.24, 2.45) is 11.8 Å². The SMILES string of the molecule is COC1CC(C2[OH+]C3CC(O)CC(O)C3CC2O[C@H]2O[C@@H](COC(=O)CC(=O)O)[C@H](O)[C@@H](O)[C@@H]2O)CC(OC)C1O. The first kappa shape index (κ1) is 32.4. The maximum atomic E-state index is 11.7. The molecule has 0 radical (unpaired) electrons. The van der Waals surface area contributed by atoms with Crippen LogP contribution in [0, 0.1) is 11.8 Å². The largest absolute Gasteiger partial charge is 0.481 e. The monoisotopic (exact) mass is 595 g/mol. The highest BCUT2D eigenvalue weighted by Crippen LogP contribution is 2.42. The number of carboxylic acids is 1. The number of ether oxygens (including phenoxy) is 6. The van der Waals surface area contributed by atoms with Crippen molar-refractivity contribution in [3.63, 3.8) is 0 Å². The molecule has 41 heavy (non-hydrogen) atoms. The zero-order valence-electron chi connectivity index (χ0n) is 23.0. The lowest BCUT2D eigenvalue weighted by molar-refractivity contribution is -0.357. The van der Waals surface area contributed by atoms with Gasteiger partial charge in [0, 0.05) is 33.0 Å². The summed E-state index contributed by atoms with van der Waals surface area (Å²) in [5.74, 6) is -3.05. The summed E-state index contributed by atoms with van der Waals surface area (Å²) in [6.45, 7) is -0.595. The van der Waals surface area contributed by atoms with Crippen LogP contribution in [0.2, 0.25) is 0 Å². The number of aliphatic hydroxyl groups excluding tert-OH is 6. The fourth-order valence-corrected chi connectivity index (χ4v) is 6.68. The molecule has 0 bridgehead atoms. The van der Waals surface area contributed by atoms with Gasteiger partial charge in [0.25, 0.3) is 0 Å². The molecular weight excluding hydrogens is 552 g/mol. The highest BCUT2D eigenvalue weighted by atomic mass is 16.7. The Kier molecular flexibility index (Phi) is 11.0. The molecule has 2 saturated heterocycles. The Balaban J connectivity index is 1.54. The van der Waals surface area contributed by atoms with Crippen molar-refractivity contribution >= 4 is 11.9 Å². The third-order valence-electron chi connectivity index (χ3n) is 8.87. The molecule has 0 aromatic rings. The predicted octanol–water partition coefficient (Wildman–Crippen LogP) is -3.20. The van der Waals surface area contributed by atoms with Crippen LogP contribution in [0.15, 0.2) is 0 Å². The van der Waals surface area contributed by atoms with Gasteiger partial charge < -0.3 is 64.2 Å². The number of aliphatic carboxylic acids is 1. The van der Waals surface area contributed by atoms with Crippen molar-refractivity contribution in [3.05, 3.63) is 0 Å². The molecule has 4 rings (SSSR count). The minimum Gasteiger partial charge on any atom is -0.481 e. The average molecular weight is 596 g/mol. The molecule has 15 heteroatoms. The summed E-state index contributed by atoms with van der Waals surface area (Å²) in [6.07, 6.45) is -12.4. The van der Waals surface area contributed by atoms with E-state index in [9.17, 15) is 40.2 Å². The lowest BCUT2D eigenvalue weighted by atomic mass is 9.72. The highest BCUT2D eigenvalue weighted by Gasteiger charge is 2.56. The zero-order chi connectivity index (χ0) is 30.0. The molecule has 4 aliphatic rings.